The number of urea groups is 1. The van der Waals surface area contributed by atoms with Crippen molar-refractivity contribution in [2.24, 2.45) is 7.05 Å². The maximum atomic E-state index is 12.6. The van der Waals surface area contributed by atoms with Crippen LogP contribution in [0, 0.1) is 0 Å². The van der Waals surface area contributed by atoms with E-state index in [0.717, 1.165) is 28.6 Å². The van der Waals surface area contributed by atoms with E-state index in [1.807, 2.05) is 30.1 Å². The highest BCUT2D eigenvalue weighted by Gasteiger charge is 2.15. The Kier molecular flexibility index (Phi) is 5.90. The van der Waals surface area contributed by atoms with Crippen molar-refractivity contribution in [2.45, 2.75) is 26.4 Å². The third-order valence-electron chi connectivity index (χ3n) is 3.79. The summed E-state index contributed by atoms with van der Waals surface area (Å²) in [5, 5.41) is 5.65. The second-order valence-electron chi connectivity index (χ2n) is 5.77. The molecule has 0 saturated carbocycles. The van der Waals surface area contributed by atoms with Gasteiger partial charge in [-0.3, -0.25) is 9.97 Å². The average molecular weight is 371 g/mol. The molecular weight excluding hydrogens is 350 g/mol. The summed E-state index contributed by atoms with van der Waals surface area (Å²) < 4.78 is 1.92. The summed E-state index contributed by atoms with van der Waals surface area (Å²) in [7, 11) is 1.92. The van der Waals surface area contributed by atoms with E-state index in [9.17, 15) is 4.79 Å². The molecule has 9 heteroatoms. The van der Waals surface area contributed by atoms with Gasteiger partial charge in [0.05, 0.1) is 25.0 Å². The maximum Gasteiger partial charge on any atom is 0.318 e. The van der Waals surface area contributed by atoms with Crippen LogP contribution in [-0.2, 0) is 20.1 Å². The first-order valence-corrected chi connectivity index (χ1v) is 9.25. The third kappa shape index (κ3) is 4.42. The van der Waals surface area contributed by atoms with Crippen LogP contribution >= 0.6 is 11.3 Å². The molecule has 0 aromatic carbocycles. The van der Waals surface area contributed by atoms with Gasteiger partial charge in [0.2, 0.25) is 0 Å². The number of rotatable bonds is 7. The second-order valence-corrected chi connectivity index (χ2v) is 6.63. The van der Waals surface area contributed by atoms with E-state index >= 15 is 0 Å². The molecule has 0 aliphatic rings. The molecule has 3 aromatic rings. The van der Waals surface area contributed by atoms with Crippen LogP contribution in [0.3, 0.4) is 0 Å². The molecular formula is C17H21N7OS. The maximum absolute atomic E-state index is 12.6. The summed E-state index contributed by atoms with van der Waals surface area (Å²) >= 11 is 1.49. The van der Waals surface area contributed by atoms with E-state index < -0.39 is 0 Å². The Balaban J connectivity index is 1.60. The zero-order chi connectivity index (χ0) is 18.4. The van der Waals surface area contributed by atoms with Crippen molar-refractivity contribution in [1.82, 2.24) is 34.7 Å². The number of hydrogen-bond acceptors (Lipinski definition) is 6. The number of nitrogens with zero attached hydrogens (tertiary/aromatic N) is 6. The number of thiazole rings is 1. The first-order chi connectivity index (χ1) is 12.7. The van der Waals surface area contributed by atoms with Gasteiger partial charge in [-0.2, -0.15) is 0 Å². The fraction of sp³-hybridized carbons (Fsp3) is 0.353. The summed E-state index contributed by atoms with van der Waals surface area (Å²) in [4.78, 5) is 31.4. The van der Waals surface area contributed by atoms with Crippen LogP contribution in [-0.4, -0.2) is 42.0 Å². The molecule has 0 spiro atoms. The van der Waals surface area contributed by atoms with Crippen molar-refractivity contribution in [2.75, 3.05) is 6.54 Å². The molecule has 0 unspecified atom stereocenters. The Morgan fingerprint density at radius 2 is 2.19 bits per heavy atom. The van der Waals surface area contributed by atoms with E-state index in [0.29, 0.717) is 19.6 Å². The van der Waals surface area contributed by atoms with Gasteiger partial charge in [-0.25, -0.2) is 14.8 Å². The van der Waals surface area contributed by atoms with E-state index in [-0.39, 0.29) is 6.03 Å². The molecule has 2 amide bonds. The number of aromatic nitrogens is 5. The standard InChI is InChI=1S/C17H21N7OS/c1-3-7-24(11-15-20-6-8-23(15)2)17(25)21-9-13-12-26-16(22-13)14-10-18-4-5-19-14/h4-6,8,10,12H,3,7,9,11H2,1-2H3,(H,21,25). The Morgan fingerprint density at radius 1 is 1.31 bits per heavy atom. The van der Waals surface area contributed by atoms with Crippen molar-refractivity contribution >= 4 is 17.4 Å². The minimum atomic E-state index is -0.121. The number of carbonyl (C=O) groups excluding carboxylic acids is 1. The van der Waals surface area contributed by atoms with Gasteiger partial charge in [0.1, 0.15) is 16.5 Å². The van der Waals surface area contributed by atoms with Crippen LogP contribution in [0.25, 0.3) is 10.7 Å². The van der Waals surface area contributed by atoms with E-state index in [1.54, 1.807) is 29.7 Å². The fourth-order valence-electron chi connectivity index (χ4n) is 2.44. The van der Waals surface area contributed by atoms with E-state index in [2.05, 4.69) is 25.3 Å². The van der Waals surface area contributed by atoms with E-state index in [1.165, 1.54) is 11.3 Å². The smallest absolute Gasteiger partial charge is 0.318 e. The normalized spacial score (nSPS) is 10.7. The number of hydrogen-bond donors (Lipinski definition) is 1. The van der Waals surface area contributed by atoms with Crippen LogP contribution in [0.1, 0.15) is 24.9 Å². The summed E-state index contributed by atoms with van der Waals surface area (Å²) in [6.07, 6.45) is 9.43. The predicted molar refractivity (Wildman–Crippen MR) is 99.3 cm³/mol. The van der Waals surface area contributed by atoms with Gasteiger partial charge in [-0.1, -0.05) is 6.92 Å². The Labute approximate surface area is 156 Å². The molecule has 1 N–H and O–H groups in total. The minimum absolute atomic E-state index is 0.121. The molecule has 26 heavy (non-hydrogen) atoms. The topological polar surface area (TPSA) is 88.8 Å². The second kappa shape index (κ2) is 8.52. The molecule has 136 valence electrons. The van der Waals surface area contributed by atoms with Crippen LogP contribution in [0.15, 0.2) is 36.4 Å². The van der Waals surface area contributed by atoms with Crippen molar-refractivity contribution in [3.63, 3.8) is 0 Å². The first kappa shape index (κ1) is 18.0. The van der Waals surface area contributed by atoms with Crippen LogP contribution in [0.4, 0.5) is 4.79 Å². The molecule has 0 radical (unpaired) electrons. The highest BCUT2D eigenvalue weighted by Crippen LogP contribution is 2.20. The molecule has 3 rings (SSSR count). The fourth-order valence-corrected chi connectivity index (χ4v) is 3.22. The summed E-state index contributed by atoms with van der Waals surface area (Å²) in [5.74, 6) is 0.854. The number of nitrogens with one attached hydrogen (secondary N) is 1. The van der Waals surface area contributed by atoms with Gasteiger partial charge in [-0.15, -0.1) is 11.3 Å². The molecule has 8 nitrogen and oxygen atoms in total. The number of imidazole rings is 1. The van der Waals surface area contributed by atoms with Gasteiger partial charge in [0.15, 0.2) is 0 Å². The van der Waals surface area contributed by atoms with Gasteiger partial charge in [0, 0.05) is 43.8 Å². The van der Waals surface area contributed by atoms with Crippen molar-refractivity contribution < 1.29 is 4.79 Å². The lowest BCUT2D eigenvalue weighted by atomic mass is 10.4. The van der Waals surface area contributed by atoms with E-state index in [4.69, 9.17) is 0 Å². The van der Waals surface area contributed by atoms with Crippen molar-refractivity contribution in [3.8, 4) is 10.7 Å². The van der Waals surface area contributed by atoms with Crippen LogP contribution in [0.2, 0.25) is 0 Å². The lowest BCUT2D eigenvalue weighted by molar-refractivity contribution is 0.192. The average Bonchev–Trinajstić information content (AvgIpc) is 3.29. The van der Waals surface area contributed by atoms with Crippen molar-refractivity contribution in [1.29, 1.82) is 0 Å². The third-order valence-corrected chi connectivity index (χ3v) is 4.70. The quantitative estimate of drug-likeness (QED) is 0.689. The summed E-state index contributed by atoms with van der Waals surface area (Å²) in [5.41, 5.74) is 1.54. The molecule has 0 aliphatic carbocycles. The zero-order valence-corrected chi connectivity index (χ0v) is 15.6. The number of carbonyl (C=O) groups is 1. The largest absolute Gasteiger partial charge is 0.337 e. The van der Waals surface area contributed by atoms with Gasteiger partial charge in [-0.05, 0) is 6.42 Å². The molecule has 3 aromatic heterocycles. The van der Waals surface area contributed by atoms with Crippen LogP contribution < -0.4 is 5.32 Å². The Bertz CT molecular complexity index is 846. The number of amides is 2. The van der Waals surface area contributed by atoms with Gasteiger partial charge in [0.25, 0.3) is 0 Å². The van der Waals surface area contributed by atoms with Crippen LogP contribution in [0.5, 0.6) is 0 Å². The molecule has 0 saturated heterocycles. The summed E-state index contributed by atoms with van der Waals surface area (Å²) in [6.45, 7) is 3.56. The molecule has 0 aliphatic heterocycles. The molecule has 0 atom stereocenters. The number of aryl methyl sites for hydroxylation is 1. The lowest BCUT2D eigenvalue weighted by Crippen LogP contribution is -2.40. The first-order valence-electron chi connectivity index (χ1n) is 8.37. The summed E-state index contributed by atoms with van der Waals surface area (Å²) in [6, 6.07) is -0.121. The zero-order valence-electron chi connectivity index (χ0n) is 14.8. The minimum Gasteiger partial charge on any atom is -0.337 e. The SMILES string of the molecule is CCCN(Cc1nccn1C)C(=O)NCc1csc(-c2cnccn2)n1. The Morgan fingerprint density at radius 3 is 2.88 bits per heavy atom. The predicted octanol–water partition coefficient (Wildman–Crippen LogP) is 2.46. The van der Waals surface area contributed by atoms with Crippen molar-refractivity contribution in [3.05, 3.63) is 47.9 Å². The molecule has 0 fully saturated rings. The molecule has 0 bridgehead atoms. The van der Waals surface area contributed by atoms with Gasteiger partial charge >= 0.3 is 6.03 Å². The monoisotopic (exact) mass is 371 g/mol. The highest BCUT2D eigenvalue weighted by atomic mass is 32.1. The molecule has 3 heterocycles. The van der Waals surface area contributed by atoms with Gasteiger partial charge < -0.3 is 14.8 Å². The highest BCUT2D eigenvalue weighted by molar-refractivity contribution is 7.13. The Hall–Kier alpha value is -2.81. The lowest BCUT2D eigenvalue weighted by Gasteiger charge is -2.22.